The van der Waals surface area contributed by atoms with Crippen molar-refractivity contribution in [3.63, 3.8) is 0 Å². The van der Waals surface area contributed by atoms with Crippen LogP contribution in [-0.4, -0.2) is 12.7 Å². The topological polar surface area (TPSA) is 12.0 Å². The summed E-state index contributed by atoms with van der Waals surface area (Å²) in [7, 11) is 0. The Morgan fingerprint density at radius 1 is 1.00 bits per heavy atom. The van der Waals surface area contributed by atoms with Crippen molar-refractivity contribution in [3.05, 3.63) is 48.0 Å². The Hall–Kier alpha value is -1.55. The molecule has 0 aliphatic heterocycles. The fraction of sp³-hybridized carbons (Fsp3) is 0.375. The van der Waals surface area contributed by atoms with Crippen LogP contribution in [0.25, 0.3) is 10.8 Å². The molecule has 2 aromatic rings. The van der Waals surface area contributed by atoms with Gasteiger partial charge in [0.25, 0.3) is 0 Å². The lowest BCUT2D eigenvalue weighted by molar-refractivity contribution is -0.195. The molecule has 0 fully saturated rings. The second kappa shape index (κ2) is 5.44. The summed E-state index contributed by atoms with van der Waals surface area (Å²) >= 11 is 0. The number of benzene rings is 2. The maximum atomic E-state index is 13.5. The first kappa shape index (κ1) is 14.9. The van der Waals surface area contributed by atoms with Crippen LogP contribution in [0.4, 0.5) is 13.2 Å². The molecule has 1 atom stereocenters. The van der Waals surface area contributed by atoms with Gasteiger partial charge >= 0.3 is 6.18 Å². The van der Waals surface area contributed by atoms with Crippen LogP contribution in [0.2, 0.25) is 0 Å². The zero-order chi connectivity index (χ0) is 14.8. The third-order valence-electron chi connectivity index (χ3n) is 3.62. The number of hydrogen-bond acceptors (Lipinski definition) is 1. The standard InChI is InChI=1S/C16H18F3N/c1-3-10-20-15(2,16(17,18)19)14-9-8-12-6-4-5-7-13(12)11-14/h4-9,11,20H,3,10H2,1-2H3. The molecule has 1 nitrogen and oxygen atoms in total. The van der Waals surface area contributed by atoms with Crippen molar-refractivity contribution >= 4 is 10.8 Å². The van der Waals surface area contributed by atoms with E-state index in [2.05, 4.69) is 5.32 Å². The summed E-state index contributed by atoms with van der Waals surface area (Å²) in [6, 6.07) is 12.3. The third kappa shape index (κ3) is 2.66. The predicted octanol–water partition coefficient (Wildman–Crippen LogP) is 4.62. The summed E-state index contributed by atoms with van der Waals surface area (Å²) in [5.74, 6) is 0. The van der Waals surface area contributed by atoms with E-state index in [1.165, 1.54) is 6.92 Å². The van der Waals surface area contributed by atoms with Crippen molar-refractivity contribution in [2.24, 2.45) is 0 Å². The molecule has 0 aromatic heterocycles. The van der Waals surface area contributed by atoms with Gasteiger partial charge in [0.2, 0.25) is 0 Å². The molecule has 0 heterocycles. The Labute approximate surface area is 116 Å². The average molecular weight is 281 g/mol. The quantitative estimate of drug-likeness (QED) is 0.862. The Balaban J connectivity index is 2.50. The maximum absolute atomic E-state index is 13.5. The molecule has 0 aliphatic carbocycles. The fourth-order valence-corrected chi connectivity index (χ4v) is 2.24. The first-order chi connectivity index (χ1) is 9.38. The van der Waals surface area contributed by atoms with Crippen LogP contribution in [0.1, 0.15) is 25.8 Å². The lowest BCUT2D eigenvalue weighted by Crippen LogP contribution is -2.51. The van der Waals surface area contributed by atoms with Gasteiger partial charge in [0, 0.05) is 0 Å². The van der Waals surface area contributed by atoms with Gasteiger partial charge in [-0.05, 0) is 42.3 Å². The van der Waals surface area contributed by atoms with Crippen molar-refractivity contribution in [2.75, 3.05) is 6.54 Å². The molecule has 0 saturated heterocycles. The minimum Gasteiger partial charge on any atom is -0.300 e. The molecular weight excluding hydrogens is 263 g/mol. The Morgan fingerprint density at radius 3 is 2.25 bits per heavy atom. The van der Waals surface area contributed by atoms with Crippen LogP contribution in [0, 0.1) is 0 Å². The molecule has 0 radical (unpaired) electrons. The van der Waals surface area contributed by atoms with Gasteiger partial charge in [0.1, 0.15) is 5.54 Å². The Bertz CT molecular complexity index is 592. The zero-order valence-electron chi connectivity index (χ0n) is 11.6. The number of alkyl halides is 3. The maximum Gasteiger partial charge on any atom is 0.410 e. The smallest absolute Gasteiger partial charge is 0.300 e. The Morgan fingerprint density at radius 2 is 1.65 bits per heavy atom. The number of rotatable bonds is 4. The molecule has 0 saturated carbocycles. The molecule has 4 heteroatoms. The van der Waals surface area contributed by atoms with Crippen molar-refractivity contribution in [1.29, 1.82) is 0 Å². The van der Waals surface area contributed by atoms with Crippen molar-refractivity contribution in [3.8, 4) is 0 Å². The highest BCUT2D eigenvalue weighted by molar-refractivity contribution is 5.83. The van der Waals surface area contributed by atoms with Gasteiger partial charge in [-0.3, -0.25) is 0 Å². The highest BCUT2D eigenvalue weighted by Crippen LogP contribution is 2.39. The van der Waals surface area contributed by atoms with Crippen molar-refractivity contribution in [1.82, 2.24) is 5.32 Å². The lowest BCUT2D eigenvalue weighted by Gasteiger charge is -2.34. The molecule has 0 amide bonds. The summed E-state index contributed by atoms with van der Waals surface area (Å²) in [5, 5.41) is 4.40. The van der Waals surface area contributed by atoms with E-state index in [9.17, 15) is 13.2 Å². The van der Waals surface area contributed by atoms with Crippen LogP contribution in [0.15, 0.2) is 42.5 Å². The van der Waals surface area contributed by atoms with E-state index in [1.807, 2.05) is 31.2 Å². The number of fused-ring (bicyclic) bond motifs is 1. The average Bonchev–Trinajstić information content (AvgIpc) is 2.43. The summed E-state index contributed by atoms with van der Waals surface area (Å²) in [6.45, 7) is 3.37. The van der Waals surface area contributed by atoms with Gasteiger partial charge in [-0.15, -0.1) is 0 Å². The van der Waals surface area contributed by atoms with Gasteiger partial charge in [0.15, 0.2) is 0 Å². The summed E-state index contributed by atoms with van der Waals surface area (Å²) in [5.41, 5.74) is -1.77. The van der Waals surface area contributed by atoms with E-state index in [4.69, 9.17) is 0 Å². The molecule has 0 spiro atoms. The monoisotopic (exact) mass is 281 g/mol. The SMILES string of the molecule is CCCNC(C)(c1ccc2ccccc2c1)C(F)(F)F. The minimum atomic E-state index is -4.34. The van der Waals surface area contributed by atoms with E-state index < -0.39 is 11.7 Å². The zero-order valence-corrected chi connectivity index (χ0v) is 11.6. The molecule has 20 heavy (non-hydrogen) atoms. The molecule has 1 unspecified atom stereocenters. The predicted molar refractivity (Wildman–Crippen MR) is 75.6 cm³/mol. The Kier molecular flexibility index (Phi) is 4.04. The second-order valence-corrected chi connectivity index (χ2v) is 5.11. The normalized spacial score (nSPS) is 15.2. The lowest BCUT2D eigenvalue weighted by atomic mass is 9.89. The molecule has 0 bridgehead atoms. The van der Waals surface area contributed by atoms with Gasteiger partial charge in [0.05, 0.1) is 0 Å². The van der Waals surface area contributed by atoms with E-state index in [0.29, 0.717) is 13.0 Å². The van der Waals surface area contributed by atoms with Crippen LogP contribution in [0.3, 0.4) is 0 Å². The van der Waals surface area contributed by atoms with Gasteiger partial charge < -0.3 is 5.32 Å². The first-order valence-corrected chi connectivity index (χ1v) is 6.69. The summed E-state index contributed by atoms with van der Waals surface area (Å²) < 4.78 is 40.4. The minimum absolute atomic E-state index is 0.247. The highest BCUT2D eigenvalue weighted by Gasteiger charge is 2.51. The molecule has 2 aromatic carbocycles. The van der Waals surface area contributed by atoms with Crippen molar-refractivity contribution < 1.29 is 13.2 Å². The van der Waals surface area contributed by atoms with E-state index in [1.54, 1.807) is 18.2 Å². The second-order valence-electron chi connectivity index (χ2n) is 5.11. The van der Waals surface area contributed by atoms with Crippen LogP contribution >= 0.6 is 0 Å². The first-order valence-electron chi connectivity index (χ1n) is 6.69. The fourth-order valence-electron chi connectivity index (χ4n) is 2.24. The summed E-state index contributed by atoms with van der Waals surface area (Å²) in [6.07, 6.45) is -3.69. The largest absolute Gasteiger partial charge is 0.410 e. The summed E-state index contributed by atoms with van der Waals surface area (Å²) in [4.78, 5) is 0. The van der Waals surface area contributed by atoms with E-state index >= 15 is 0 Å². The number of halogens is 3. The van der Waals surface area contributed by atoms with Crippen LogP contribution < -0.4 is 5.32 Å². The van der Waals surface area contributed by atoms with Gasteiger partial charge in [-0.1, -0.05) is 43.3 Å². The van der Waals surface area contributed by atoms with E-state index in [-0.39, 0.29) is 5.56 Å². The van der Waals surface area contributed by atoms with E-state index in [0.717, 1.165) is 10.8 Å². The number of hydrogen-bond donors (Lipinski definition) is 1. The number of nitrogens with one attached hydrogen (secondary N) is 1. The molecule has 0 aliphatic rings. The van der Waals surface area contributed by atoms with Gasteiger partial charge in [-0.25, -0.2) is 0 Å². The van der Waals surface area contributed by atoms with Crippen LogP contribution in [-0.2, 0) is 5.54 Å². The third-order valence-corrected chi connectivity index (χ3v) is 3.62. The highest BCUT2D eigenvalue weighted by atomic mass is 19.4. The van der Waals surface area contributed by atoms with Gasteiger partial charge in [-0.2, -0.15) is 13.2 Å². The molecule has 108 valence electrons. The van der Waals surface area contributed by atoms with Crippen molar-refractivity contribution in [2.45, 2.75) is 32.0 Å². The van der Waals surface area contributed by atoms with Crippen LogP contribution in [0.5, 0.6) is 0 Å². The molecule has 2 rings (SSSR count). The molecular formula is C16H18F3N. The molecule has 1 N–H and O–H groups in total.